The highest BCUT2D eigenvalue weighted by Crippen LogP contribution is 2.25. The third-order valence-corrected chi connectivity index (χ3v) is 3.90. The Balaban J connectivity index is 2.36. The van der Waals surface area contributed by atoms with Gasteiger partial charge in [0, 0.05) is 32.8 Å². The van der Waals surface area contributed by atoms with Gasteiger partial charge in [-0.25, -0.2) is 0 Å². The number of halogens is 2. The normalized spacial score (nSPS) is 11.3. The number of hydrogen-bond acceptors (Lipinski definition) is 3. The van der Waals surface area contributed by atoms with E-state index in [1.807, 2.05) is 0 Å². The van der Waals surface area contributed by atoms with Gasteiger partial charge in [0.2, 0.25) is 0 Å². The number of carbonyl (C=O) groups excluding carboxylic acids is 1. The Bertz CT molecular complexity index is 769. The smallest absolute Gasteiger partial charge is 0.270 e. The van der Waals surface area contributed by atoms with Gasteiger partial charge in [-0.15, -0.1) is 0 Å². The minimum absolute atomic E-state index is 0.0699. The fourth-order valence-corrected chi connectivity index (χ4v) is 2.32. The molecule has 0 aliphatic heterocycles. The lowest BCUT2D eigenvalue weighted by molar-refractivity contribution is -0.384. The SMILES string of the molecule is C/C(=C/c1cc([N+](=O)[O-])ccc1Cl)C(=O)c1ccc(Br)cc1. The average molecular weight is 381 g/mol. The fourth-order valence-electron chi connectivity index (χ4n) is 1.88. The number of nitrogens with zero attached hydrogens (tertiary/aromatic N) is 1. The molecule has 0 aromatic heterocycles. The monoisotopic (exact) mass is 379 g/mol. The minimum atomic E-state index is -0.500. The van der Waals surface area contributed by atoms with Crippen molar-refractivity contribution in [2.45, 2.75) is 6.92 Å². The quantitative estimate of drug-likeness (QED) is 0.313. The van der Waals surface area contributed by atoms with E-state index in [9.17, 15) is 14.9 Å². The van der Waals surface area contributed by atoms with Crippen LogP contribution in [0.4, 0.5) is 5.69 Å². The summed E-state index contributed by atoms with van der Waals surface area (Å²) in [5, 5.41) is 11.2. The number of benzene rings is 2. The summed E-state index contributed by atoms with van der Waals surface area (Å²) >= 11 is 9.34. The molecule has 0 saturated heterocycles. The highest BCUT2D eigenvalue weighted by Gasteiger charge is 2.12. The van der Waals surface area contributed by atoms with Crippen molar-refractivity contribution >= 4 is 45.1 Å². The maximum Gasteiger partial charge on any atom is 0.270 e. The molecule has 0 amide bonds. The van der Waals surface area contributed by atoms with Crippen molar-refractivity contribution in [3.8, 4) is 0 Å². The second kappa shape index (κ2) is 6.85. The number of Topliss-reactive ketones (excluding diaryl/α,β-unsaturated/α-hetero) is 1. The standard InChI is InChI=1S/C16H11BrClNO3/c1-10(16(20)11-2-4-13(17)5-3-11)8-12-9-14(19(21)22)6-7-15(12)18/h2-9H,1H3/b10-8-. The van der Waals surface area contributed by atoms with Crippen molar-refractivity contribution in [1.29, 1.82) is 0 Å². The summed E-state index contributed by atoms with van der Waals surface area (Å²) in [5.41, 5.74) is 1.36. The highest BCUT2D eigenvalue weighted by molar-refractivity contribution is 9.10. The van der Waals surface area contributed by atoms with Crippen molar-refractivity contribution in [2.24, 2.45) is 0 Å². The Kier molecular flexibility index (Phi) is 5.11. The van der Waals surface area contributed by atoms with E-state index in [2.05, 4.69) is 15.9 Å². The zero-order chi connectivity index (χ0) is 16.3. The number of nitro groups is 1. The lowest BCUT2D eigenvalue weighted by Crippen LogP contribution is -2.00. The van der Waals surface area contributed by atoms with Gasteiger partial charge in [0.05, 0.1) is 4.92 Å². The molecule has 0 fully saturated rings. The predicted octanol–water partition coefficient (Wildman–Crippen LogP) is 5.30. The van der Waals surface area contributed by atoms with Crippen LogP contribution in [0.2, 0.25) is 5.02 Å². The molecule has 6 heteroatoms. The Morgan fingerprint density at radius 3 is 2.45 bits per heavy atom. The summed E-state index contributed by atoms with van der Waals surface area (Å²) in [6.45, 7) is 1.65. The van der Waals surface area contributed by atoms with Crippen LogP contribution >= 0.6 is 27.5 Å². The van der Waals surface area contributed by atoms with Crippen LogP contribution in [0, 0.1) is 10.1 Å². The number of allylic oxidation sites excluding steroid dienone is 1. The third-order valence-electron chi connectivity index (χ3n) is 3.03. The van der Waals surface area contributed by atoms with Gasteiger partial charge in [0.15, 0.2) is 5.78 Å². The van der Waals surface area contributed by atoms with Crippen LogP contribution in [0.25, 0.3) is 6.08 Å². The van der Waals surface area contributed by atoms with E-state index in [1.54, 1.807) is 37.3 Å². The van der Waals surface area contributed by atoms with Gasteiger partial charge in [-0.1, -0.05) is 27.5 Å². The van der Waals surface area contributed by atoms with Gasteiger partial charge < -0.3 is 0 Å². The van der Waals surface area contributed by atoms with Gasteiger partial charge in [-0.05, 0) is 48.9 Å². The van der Waals surface area contributed by atoms with Gasteiger partial charge in [0.25, 0.3) is 5.69 Å². The summed E-state index contributed by atoms with van der Waals surface area (Å²) in [5.74, 6) is -0.157. The molecule has 0 radical (unpaired) electrons. The first-order valence-electron chi connectivity index (χ1n) is 6.31. The molecule has 0 saturated carbocycles. The van der Waals surface area contributed by atoms with Crippen molar-refractivity contribution in [2.75, 3.05) is 0 Å². The number of hydrogen-bond donors (Lipinski definition) is 0. The van der Waals surface area contributed by atoms with E-state index >= 15 is 0 Å². The second-order valence-electron chi connectivity index (χ2n) is 4.63. The molecule has 0 N–H and O–H groups in total. The van der Waals surface area contributed by atoms with E-state index in [1.165, 1.54) is 18.2 Å². The highest BCUT2D eigenvalue weighted by atomic mass is 79.9. The predicted molar refractivity (Wildman–Crippen MR) is 90.2 cm³/mol. The minimum Gasteiger partial charge on any atom is -0.289 e. The molecule has 112 valence electrons. The van der Waals surface area contributed by atoms with E-state index in [-0.39, 0.29) is 11.5 Å². The first-order valence-corrected chi connectivity index (χ1v) is 7.48. The zero-order valence-electron chi connectivity index (χ0n) is 11.5. The topological polar surface area (TPSA) is 60.2 Å². The van der Waals surface area contributed by atoms with E-state index < -0.39 is 4.92 Å². The summed E-state index contributed by atoms with van der Waals surface area (Å²) in [6.07, 6.45) is 1.56. The van der Waals surface area contributed by atoms with Crippen LogP contribution in [-0.2, 0) is 0 Å². The Hall–Kier alpha value is -1.98. The van der Waals surface area contributed by atoms with Crippen LogP contribution in [-0.4, -0.2) is 10.7 Å². The van der Waals surface area contributed by atoms with Crippen molar-refractivity contribution in [3.63, 3.8) is 0 Å². The van der Waals surface area contributed by atoms with E-state index in [0.29, 0.717) is 21.7 Å². The zero-order valence-corrected chi connectivity index (χ0v) is 13.9. The second-order valence-corrected chi connectivity index (χ2v) is 5.95. The molecular weight excluding hydrogens is 370 g/mol. The van der Waals surface area contributed by atoms with Gasteiger partial charge in [-0.2, -0.15) is 0 Å². The molecule has 0 atom stereocenters. The molecule has 0 unspecified atom stereocenters. The molecule has 2 aromatic carbocycles. The summed E-state index contributed by atoms with van der Waals surface area (Å²) in [7, 11) is 0. The van der Waals surface area contributed by atoms with Crippen LogP contribution in [0.5, 0.6) is 0 Å². The first kappa shape index (κ1) is 16.4. The molecule has 2 rings (SSSR count). The summed E-state index contributed by atoms with van der Waals surface area (Å²) in [6, 6.07) is 11.1. The number of non-ortho nitro benzene ring substituents is 1. The molecular formula is C16H11BrClNO3. The summed E-state index contributed by atoms with van der Waals surface area (Å²) in [4.78, 5) is 22.6. The Morgan fingerprint density at radius 1 is 1.23 bits per heavy atom. The maximum absolute atomic E-state index is 12.3. The van der Waals surface area contributed by atoms with Crippen LogP contribution in [0.3, 0.4) is 0 Å². The van der Waals surface area contributed by atoms with Gasteiger partial charge in [0.1, 0.15) is 0 Å². The molecule has 0 aliphatic carbocycles. The fraction of sp³-hybridized carbons (Fsp3) is 0.0625. The van der Waals surface area contributed by atoms with E-state index in [0.717, 1.165) is 4.47 Å². The number of nitro benzene ring substituents is 1. The lowest BCUT2D eigenvalue weighted by atomic mass is 10.0. The number of carbonyl (C=O) groups is 1. The van der Waals surface area contributed by atoms with Crippen molar-refractivity contribution in [3.05, 3.63) is 78.8 Å². The molecule has 0 bridgehead atoms. The lowest BCUT2D eigenvalue weighted by Gasteiger charge is -2.04. The van der Waals surface area contributed by atoms with Crippen molar-refractivity contribution in [1.82, 2.24) is 0 Å². The van der Waals surface area contributed by atoms with Gasteiger partial charge in [-0.3, -0.25) is 14.9 Å². The molecule has 0 heterocycles. The summed E-state index contributed by atoms with van der Waals surface area (Å²) < 4.78 is 0.882. The number of ketones is 1. The largest absolute Gasteiger partial charge is 0.289 e. The number of rotatable bonds is 4. The average Bonchev–Trinajstić information content (AvgIpc) is 2.49. The molecule has 22 heavy (non-hydrogen) atoms. The van der Waals surface area contributed by atoms with E-state index in [4.69, 9.17) is 11.6 Å². The molecule has 0 aliphatic rings. The molecule has 2 aromatic rings. The maximum atomic E-state index is 12.3. The first-order chi connectivity index (χ1) is 10.4. The molecule has 0 spiro atoms. The van der Waals surface area contributed by atoms with Gasteiger partial charge >= 0.3 is 0 Å². The van der Waals surface area contributed by atoms with Crippen LogP contribution in [0.1, 0.15) is 22.8 Å². The van der Waals surface area contributed by atoms with Crippen LogP contribution in [0.15, 0.2) is 52.5 Å². The van der Waals surface area contributed by atoms with Crippen LogP contribution < -0.4 is 0 Å². The third kappa shape index (κ3) is 3.81. The van der Waals surface area contributed by atoms with Crippen molar-refractivity contribution < 1.29 is 9.72 Å². The molecule has 4 nitrogen and oxygen atoms in total. The Labute approximate surface area is 140 Å². The Morgan fingerprint density at radius 2 is 1.86 bits per heavy atom.